The van der Waals surface area contributed by atoms with Crippen molar-refractivity contribution in [1.82, 2.24) is 25.5 Å². The van der Waals surface area contributed by atoms with Crippen LogP contribution in [0.5, 0.6) is 0 Å². The number of amides is 3. The molecule has 5 rings (SSSR count). The minimum Gasteiger partial charge on any atom is -0.445 e. The highest BCUT2D eigenvalue weighted by Gasteiger charge is 2.34. The molecule has 10 heteroatoms. The number of hydrogen-bond acceptors (Lipinski definition) is 5. The summed E-state index contributed by atoms with van der Waals surface area (Å²) in [5, 5.41) is 5.74. The minimum absolute atomic E-state index is 0.0145. The van der Waals surface area contributed by atoms with E-state index >= 15 is 0 Å². The van der Waals surface area contributed by atoms with E-state index in [0.717, 1.165) is 22.3 Å². The lowest BCUT2D eigenvalue weighted by Crippen LogP contribution is -2.53. The Bertz CT molecular complexity index is 1750. The van der Waals surface area contributed by atoms with Gasteiger partial charge in [-0.2, -0.15) is 0 Å². The highest BCUT2D eigenvalue weighted by atomic mass is 19.1. The number of hydrogen-bond donors (Lipinski definition) is 3. The molecule has 1 heterocycles. The lowest BCUT2D eigenvalue weighted by molar-refractivity contribution is -0.140. The number of H-pyrrole nitrogens is 1. The fraction of sp³-hybridized carbons (Fsp3) is 0.231. The normalized spacial score (nSPS) is 12.7. The Kier molecular flexibility index (Phi) is 12.3. The van der Waals surface area contributed by atoms with Crippen molar-refractivity contribution in [3.05, 3.63) is 162 Å². The third kappa shape index (κ3) is 10.4. The van der Waals surface area contributed by atoms with Gasteiger partial charge in [0.1, 0.15) is 25.0 Å². The molecule has 4 aromatic carbocycles. The van der Waals surface area contributed by atoms with E-state index in [1.54, 1.807) is 18.3 Å². The summed E-state index contributed by atoms with van der Waals surface area (Å²) in [7, 11) is 0. The second-order valence-electron chi connectivity index (χ2n) is 11.9. The summed E-state index contributed by atoms with van der Waals surface area (Å²) in [5.74, 6) is -1.19. The van der Waals surface area contributed by atoms with Crippen molar-refractivity contribution in [3.8, 4) is 0 Å². The first-order chi connectivity index (χ1) is 23.9. The molecule has 0 radical (unpaired) electrons. The average Bonchev–Trinajstić information content (AvgIpc) is 3.66. The van der Waals surface area contributed by atoms with Crippen LogP contribution < -0.4 is 10.6 Å². The fourth-order valence-electron chi connectivity index (χ4n) is 5.57. The van der Waals surface area contributed by atoms with Gasteiger partial charge in [0.15, 0.2) is 0 Å². The van der Waals surface area contributed by atoms with E-state index in [2.05, 4.69) is 20.6 Å². The number of nitrogens with one attached hydrogen (secondary N) is 3. The van der Waals surface area contributed by atoms with Crippen LogP contribution in [0.1, 0.15) is 46.8 Å². The maximum atomic E-state index is 14.7. The van der Waals surface area contributed by atoms with E-state index < -0.39 is 24.1 Å². The molecule has 0 bridgehead atoms. The van der Waals surface area contributed by atoms with Crippen molar-refractivity contribution in [3.63, 3.8) is 0 Å². The molecule has 49 heavy (non-hydrogen) atoms. The first-order valence-corrected chi connectivity index (χ1v) is 16.2. The van der Waals surface area contributed by atoms with Gasteiger partial charge in [0.2, 0.25) is 11.8 Å². The number of ether oxygens (including phenoxy) is 1. The number of alkyl carbamates (subject to hydrolysis) is 1. The van der Waals surface area contributed by atoms with Crippen LogP contribution in [0.4, 0.5) is 9.18 Å². The fourth-order valence-corrected chi connectivity index (χ4v) is 5.57. The molecule has 3 amide bonds. The zero-order chi connectivity index (χ0) is 34.4. The number of rotatable bonds is 15. The lowest BCUT2D eigenvalue weighted by atomic mass is 9.96. The average molecular weight is 662 g/mol. The number of carbonyl (C=O) groups is 3. The molecule has 3 atom stereocenters. The smallest absolute Gasteiger partial charge is 0.408 e. The molecule has 0 spiro atoms. The molecule has 252 valence electrons. The van der Waals surface area contributed by atoms with E-state index in [1.165, 1.54) is 23.4 Å². The van der Waals surface area contributed by atoms with Crippen molar-refractivity contribution in [2.24, 2.45) is 0 Å². The Morgan fingerprint density at radius 1 is 0.816 bits per heavy atom. The van der Waals surface area contributed by atoms with Crippen molar-refractivity contribution in [2.75, 3.05) is 13.1 Å². The Morgan fingerprint density at radius 2 is 1.45 bits per heavy atom. The monoisotopic (exact) mass is 661 g/mol. The number of carbonyl (C=O) groups excluding carboxylic acids is 3. The predicted molar refractivity (Wildman–Crippen MR) is 185 cm³/mol. The second kappa shape index (κ2) is 17.4. The molecule has 0 saturated heterocycles. The van der Waals surface area contributed by atoms with Crippen molar-refractivity contribution >= 4 is 17.9 Å². The molecule has 0 aliphatic carbocycles. The maximum absolute atomic E-state index is 14.7. The number of nitrogens with zero attached hydrogens (tertiary/aromatic N) is 2. The highest BCUT2D eigenvalue weighted by Crippen LogP contribution is 2.27. The molecule has 0 saturated carbocycles. The third-order valence-corrected chi connectivity index (χ3v) is 8.26. The van der Waals surface area contributed by atoms with Crippen LogP contribution in [0.25, 0.3) is 0 Å². The Morgan fingerprint density at radius 3 is 2.08 bits per heavy atom. The zero-order valence-electron chi connectivity index (χ0n) is 27.3. The third-order valence-electron chi connectivity index (χ3n) is 8.26. The topological polar surface area (TPSA) is 116 Å². The zero-order valence-corrected chi connectivity index (χ0v) is 27.3. The summed E-state index contributed by atoms with van der Waals surface area (Å²) in [6.07, 6.45) is 2.65. The SMILES string of the molecule is CC(CNC(=O)CN(C(=O)[C@H](Cc1cnc[nH]1)NC(=O)OCc1ccccc1)C(Cc1ccc(F)cc1)c1ccccc1)c1ccccc1. The summed E-state index contributed by atoms with van der Waals surface area (Å²) < 4.78 is 19.4. The van der Waals surface area contributed by atoms with Crippen LogP contribution in [0.2, 0.25) is 0 Å². The van der Waals surface area contributed by atoms with Crippen LogP contribution in [0, 0.1) is 5.82 Å². The van der Waals surface area contributed by atoms with Crippen LogP contribution in [-0.4, -0.2) is 51.9 Å². The minimum atomic E-state index is -1.11. The lowest BCUT2D eigenvalue weighted by Gasteiger charge is -2.35. The van der Waals surface area contributed by atoms with Gasteiger partial charge in [-0.15, -0.1) is 0 Å². The number of aromatic nitrogens is 2. The molecular formula is C39H40FN5O4. The Hall–Kier alpha value is -5.77. The van der Waals surface area contributed by atoms with E-state index in [-0.39, 0.29) is 37.2 Å². The highest BCUT2D eigenvalue weighted by molar-refractivity contribution is 5.90. The van der Waals surface area contributed by atoms with Gasteiger partial charge in [-0.25, -0.2) is 14.2 Å². The first kappa shape index (κ1) is 34.6. The van der Waals surface area contributed by atoms with Gasteiger partial charge in [0, 0.05) is 24.9 Å². The number of benzene rings is 4. The van der Waals surface area contributed by atoms with E-state index in [9.17, 15) is 18.8 Å². The molecule has 2 unspecified atom stereocenters. The Balaban J connectivity index is 1.44. The first-order valence-electron chi connectivity index (χ1n) is 16.2. The summed E-state index contributed by atoms with van der Waals surface area (Å²) in [6, 6.07) is 32.7. The summed E-state index contributed by atoms with van der Waals surface area (Å²) in [5.41, 5.74) is 4.02. The van der Waals surface area contributed by atoms with Crippen LogP contribution >= 0.6 is 0 Å². The number of halogens is 1. The summed E-state index contributed by atoms with van der Waals surface area (Å²) in [6.45, 7) is 2.10. The molecule has 3 N–H and O–H groups in total. The molecule has 5 aromatic rings. The van der Waals surface area contributed by atoms with Gasteiger partial charge in [0.05, 0.1) is 12.4 Å². The quantitative estimate of drug-likeness (QED) is 0.125. The number of imidazole rings is 1. The molecule has 0 aliphatic heterocycles. The van der Waals surface area contributed by atoms with Gasteiger partial charge < -0.3 is 25.3 Å². The molecule has 0 aliphatic rings. The largest absolute Gasteiger partial charge is 0.445 e. The molecule has 1 aromatic heterocycles. The van der Waals surface area contributed by atoms with E-state index in [0.29, 0.717) is 18.7 Å². The van der Waals surface area contributed by atoms with Gasteiger partial charge in [0.25, 0.3) is 0 Å². The van der Waals surface area contributed by atoms with Crippen LogP contribution in [-0.2, 0) is 33.8 Å². The van der Waals surface area contributed by atoms with Gasteiger partial charge in [-0.1, -0.05) is 110 Å². The standard InChI is InChI=1S/C39H40FN5O4/c1-28(31-13-7-3-8-14-31)23-42-37(46)25-45(36(32-15-9-4-10-16-32)21-29-17-19-33(40)20-18-29)38(47)35(22-34-24-41-27-43-34)44-39(48)49-26-30-11-5-2-6-12-30/h2-20,24,27-28,35-36H,21-23,25-26H2,1H3,(H,41,43)(H,42,46)(H,44,48)/t28?,35-,36?/m0/s1. The van der Waals surface area contributed by atoms with Crippen LogP contribution in [0.3, 0.4) is 0 Å². The van der Waals surface area contributed by atoms with Gasteiger partial charge >= 0.3 is 6.09 Å². The summed E-state index contributed by atoms with van der Waals surface area (Å²) in [4.78, 5) is 50.1. The predicted octanol–water partition coefficient (Wildman–Crippen LogP) is 6.12. The summed E-state index contributed by atoms with van der Waals surface area (Å²) >= 11 is 0. The van der Waals surface area contributed by atoms with Crippen LogP contribution in [0.15, 0.2) is 128 Å². The number of aromatic amines is 1. The van der Waals surface area contributed by atoms with E-state index in [1.807, 2.05) is 97.9 Å². The second-order valence-corrected chi connectivity index (χ2v) is 11.9. The van der Waals surface area contributed by atoms with E-state index in [4.69, 9.17) is 4.74 Å². The van der Waals surface area contributed by atoms with Gasteiger partial charge in [-0.05, 0) is 46.7 Å². The van der Waals surface area contributed by atoms with Crippen molar-refractivity contribution < 1.29 is 23.5 Å². The van der Waals surface area contributed by atoms with Crippen molar-refractivity contribution in [2.45, 2.75) is 44.4 Å². The Labute approximate surface area is 285 Å². The maximum Gasteiger partial charge on any atom is 0.408 e. The molecule has 9 nitrogen and oxygen atoms in total. The van der Waals surface area contributed by atoms with Gasteiger partial charge in [-0.3, -0.25) is 9.59 Å². The molecular weight excluding hydrogens is 621 g/mol. The van der Waals surface area contributed by atoms with Crippen molar-refractivity contribution in [1.29, 1.82) is 0 Å². The molecule has 0 fully saturated rings.